The quantitative estimate of drug-likeness (QED) is 0.155. The van der Waals surface area contributed by atoms with Crippen molar-refractivity contribution in [1.29, 1.82) is 0 Å². The molecule has 0 bridgehead atoms. The van der Waals surface area contributed by atoms with Gasteiger partial charge in [0.2, 0.25) is 0 Å². The fourth-order valence-electron chi connectivity index (χ4n) is 2.68. The standard InChI is InChI=1S/C17H26N4O3.HI/c1-18-17(20-13-16-6-4-12-24-16)19-11-3-2-5-14-7-9-15(10-8-14)21(22)23;/h7-10,16H,2-6,11-13H2,1H3,(H2,18,19,20);1H. The zero-order chi connectivity index (χ0) is 17.2. The second kappa shape index (κ2) is 12.0. The van der Waals surface area contributed by atoms with Gasteiger partial charge in [-0.05, 0) is 37.7 Å². The maximum absolute atomic E-state index is 10.6. The maximum Gasteiger partial charge on any atom is 0.269 e. The highest BCUT2D eigenvalue weighted by atomic mass is 127. The van der Waals surface area contributed by atoms with Crippen molar-refractivity contribution < 1.29 is 9.66 Å². The number of hydrogen-bond acceptors (Lipinski definition) is 4. The summed E-state index contributed by atoms with van der Waals surface area (Å²) < 4.78 is 5.58. The van der Waals surface area contributed by atoms with Crippen molar-refractivity contribution in [3.05, 3.63) is 39.9 Å². The molecule has 1 saturated heterocycles. The molecule has 1 fully saturated rings. The minimum atomic E-state index is -0.372. The number of nitrogens with zero attached hydrogens (tertiary/aromatic N) is 2. The minimum absolute atomic E-state index is 0. The Hall–Kier alpha value is -1.42. The van der Waals surface area contributed by atoms with Crippen molar-refractivity contribution in [3.63, 3.8) is 0 Å². The van der Waals surface area contributed by atoms with Gasteiger partial charge in [-0.15, -0.1) is 24.0 Å². The van der Waals surface area contributed by atoms with Crippen molar-refractivity contribution in [2.45, 2.75) is 38.2 Å². The van der Waals surface area contributed by atoms with Gasteiger partial charge in [-0.3, -0.25) is 15.1 Å². The normalized spacial score (nSPS) is 17.0. The predicted octanol–water partition coefficient (Wildman–Crippen LogP) is 2.88. The van der Waals surface area contributed by atoms with Crippen molar-refractivity contribution in [2.75, 3.05) is 26.7 Å². The Morgan fingerprint density at radius 3 is 2.68 bits per heavy atom. The molecule has 2 rings (SSSR count). The molecule has 0 aromatic heterocycles. The van der Waals surface area contributed by atoms with E-state index in [9.17, 15) is 10.1 Å². The van der Waals surface area contributed by atoms with Gasteiger partial charge in [-0.25, -0.2) is 0 Å². The summed E-state index contributed by atoms with van der Waals surface area (Å²) in [4.78, 5) is 14.4. The summed E-state index contributed by atoms with van der Waals surface area (Å²) in [5.41, 5.74) is 1.27. The van der Waals surface area contributed by atoms with Crippen LogP contribution in [0.5, 0.6) is 0 Å². The molecule has 1 aromatic carbocycles. The third-order valence-corrected chi connectivity index (χ3v) is 4.08. The lowest BCUT2D eigenvalue weighted by Crippen LogP contribution is -2.41. The van der Waals surface area contributed by atoms with E-state index in [1.54, 1.807) is 19.2 Å². The van der Waals surface area contributed by atoms with Gasteiger partial charge < -0.3 is 15.4 Å². The number of unbranched alkanes of at least 4 members (excludes halogenated alkanes) is 1. The molecule has 140 valence electrons. The number of nitro benzene ring substituents is 1. The fraction of sp³-hybridized carbons (Fsp3) is 0.588. The molecule has 1 unspecified atom stereocenters. The molecule has 0 radical (unpaired) electrons. The molecule has 25 heavy (non-hydrogen) atoms. The first-order valence-electron chi connectivity index (χ1n) is 8.48. The number of rotatable bonds is 8. The van der Waals surface area contributed by atoms with Crippen LogP contribution in [0.1, 0.15) is 31.2 Å². The lowest BCUT2D eigenvalue weighted by molar-refractivity contribution is -0.384. The zero-order valence-electron chi connectivity index (χ0n) is 14.6. The van der Waals surface area contributed by atoms with E-state index in [2.05, 4.69) is 15.6 Å². The number of ether oxygens (including phenoxy) is 1. The van der Waals surface area contributed by atoms with Crippen LogP contribution in [-0.4, -0.2) is 43.7 Å². The lowest BCUT2D eigenvalue weighted by atomic mass is 10.1. The van der Waals surface area contributed by atoms with E-state index >= 15 is 0 Å². The van der Waals surface area contributed by atoms with E-state index in [0.717, 1.165) is 63.3 Å². The Morgan fingerprint density at radius 2 is 2.08 bits per heavy atom. The number of benzene rings is 1. The summed E-state index contributed by atoms with van der Waals surface area (Å²) in [7, 11) is 1.77. The van der Waals surface area contributed by atoms with Crippen LogP contribution in [0, 0.1) is 10.1 Å². The first-order chi connectivity index (χ1) is 11.7. The van der Waals surface area contributed by atoms with Gasteiger partial charge in [-0.1, -0.05) is 12.1 Å². The first kappa shape index (κ1) is 21.6. The molecule has 1 aliphatic rings. The number of halogens is 1. The number of aliphatic imine (C=N–C) groups is 1. The Kier molecular flexibility index (Phi) is 10.4. The molecule has 1 atom stereocenters. The Labute approximate surface area is 165 Å². The molecule has 0 spiro atoms. The van der Waals surface area contributed by atoms with Crippen molar-refractivity contribution in [2.24, 2.45) is 4.99 Å². The maximum atomic E-state index is 10.6. The SMILES string of the molecule is CN=C(NCCCCc1ccc([N+](=O)[O-])cc1)NCC1CCCO1.I. The van der Waals surface area contributed by atoms with E-state index in [1.165, 1.54) is 0 Å². The molecule has 1 aromatic rings. The van der Waals surface area contributed by atoms with Crippen LogP contribution >= 0.6 is 24.0 Å². The Morgan fingerprint density at radius 1 is 1.32 bits per heavy atom. The van der Waals surface area contributed by atoms with E-state index in [1.807, 2.05) is 12.1 Å². The highest BCUT2D eigenvalue weighted by Crippen LogP contribution is 2.13. The van der Waals surface area contributed by atoms with Crippen molar-refractivity contribution in [3.8, 4) is 0 Å². The topological polar surface area (TPSA) is 88.8 Å². The van der Waals surface area contributed by atoms with E-state index in [4.69, 9.17) is 4.74 Å². The molecular formula is C17H27IN4O3. The van der Waals surface area contributed by atoms with Gasteiger partial charge in [0.1, 0.15) is 0 Å². The van der Waals surface area contributed by atoms with Gasteiger partial charge in [0.15, 0.2) is 5.96 Å². The first-order valence-corrected chi connectivity index (χ1v) is 8.48. The molecule has 0 saturated carbocycles. The average Bonchev–Trinajstić information content (AvgIpc) is 3.11. The zero-order valence-corrected chi connectivity index (χ0v) is 16.9. The smallest absolute Gasteiger partial charge is 0.269 e. The van der Waals surface area contributed by atoms with Gasteiger partial charge >= 0.3 is 0 Å². The number of nitro groups is 1. The molecule has 2 N–H and O–H groups in total. The molecule has 8 heteroatoms. The summed E-state index contributed by atoms with van der Waals surface area (Å²) >= 11 is 0. The van der Waals surface area contributed by atoms with Gasteiger partial charge in [0, 0.05) is 38.9 Å². The van der Waals surface area contributed by atoms with Gasteiger partial charge in [0.25, 0.3) is 5.69 Å². The number of nitrogens with one attached hydrogen (secondary N) is 2. The summed E-state index contributed by atoms with van der Waals surface area (Å²) in [5.74, 6) is 0.806. The highest BCUT2D eigenvalue weighted by Gasteiger charge is 2.15. The third kappa shape index (κ3) is 8.00. The van der Waals surface area contributed by atoms with Crippen LogP contribution in [0.4, 0.5) is 5.69 Å². The summed E-state index contributed by atoms with van der Waals surface area (Å²) in [5, 5.41) is 17.2. The van der Waals surface area contributed by atoms with Crippen LogP contribution in [0.15, 0.2) is 29.3 Å². The Bertz CT molecular complexity index is 545. The van der Waals surface area contributed by atoms with Crippen molar-refractivity contribution in [1.82, 2.24) is 10.6 Å². The fourth-order valence-corrected chi connectivity index (χ4v) is 2.68. The Balaban J connectivity index is 0.00000312. The third-order valence-electron chi connectivity index (χ3n) is 4.08. The molecular weight excluding hydrogens is 435 g/mol. The van der Waals surface area contributed by atoms with E-state index in [-0.39, 0.29) is 34.6 Å². The number of aryl methyl sites for hydroxylation is 1. The number of guanidine groups is 1. The minimum Gasteiger partial charge on any atom is -0.376 e. The second-order valence-electron chi connectivity index (χ2n) is 5.90. The summed E-state index contributed by atoms with van der Waals surface area (Å²) in [6, 6.07) is 6.77. The molecule has 0 amide bonds. The lowest BCUT2D eigenvalue weighted by Gasteiger charge is -2.15. The molecule has 7 nitrogen and oxygen atoms in total. The monoisotopic (exact) mass is 462 g/mol. The molecule has 1 aliphatic heterocycles. The average molecular weight is 462 g/mol. The van der Waals surface area contributed by atoms with E-state index < -0.39 is 0 Å². The van der Waals surface area contributed by atoms with Gasteiger partial charge in [0.05, 0.1) is 11.0 Å². The van der Waals surface area contributed by atoms with Crippen LogP contribution < -0.4 is 10.6 Å². The van der Waals surface area contributed by atoms with Crippen molar-refractivity contribution >= 4 is 35.6 Å². The van der Waals surface area contributed by atoms with Crippen LogP contribution in [0.25, 0.3) is 0 Å². The van der Waals surface area contributed by atoms with Gasteiger partial charge in [-0.2, -0.15) is 0 Å². The number of non-ortho nitro benzene ring substituents is 1. The molecule has 1 heterocycles. The highest BCUT2D eigenvalue weighted by molar-refractivity contribution is 14.0. The molecule has 0 aliphatic carbocycles. The van der Waals surface area contributed by atoms with Crippen LogP contribution in [0.3, 0.4) is 0 Å². The summed E-state index contributed by atoms with van der Waals surface area (Å²) in [6.07, 6.45) is 5.50. The predicted molar refractivity (Wildman–Crippen MR) is 110 cm³/mol. The second-order valence-corrected chi connectivity index (χ2v) is 5.90. The largest absolute Gasteiger partial charge is 0.376 e. The summed E-state index contributed by atoms with van der Waals surface area (Å²) in [6.45, 7) is 2.50. The van der Waals surface area contributed by atoms with Crippen LogP contribution in [0.2, 0.25) is 0 Å². The number of hydrogen-bond donors (Lipinski definition) is 2. The van der Waals surface area contributed by atoms with Crippen LogP contribution in [-0.2, 0) is 11.2 Å². The van der Waals surface area contributed by atoms with E-state index in [0.29, 0.717) is 6.10 Å².